The van der Waals surface area contributed by atoms with Crippen LogP contribution in [0.25, 0.3) is 5.69 Å². The van der Waals surface area contributed by atoms with Crippen LogP contribution in [0.1, 0.15) is 45.7 Å². The number of aryl methyl sites for hydroxylation is 2. The van der Waals surface area contributed by atoms with Crippen molar-refractivity contribution in [1.29, 1.82) is 0 Å². The fourth-order valence-corrected chi connectivity index (χ4v) is 3.93. The third kappa shape index (κ3) is 4.88. The molecule has 3 aromatic rings. The summed E-state index contributed by atoms with van der Waals surface area (Å²) < 4.78 is 21.1. The van der Waals surface area contributed by atoms with Gasteiger partial charge in [-0.2, -0.15) is 5.10 Å². The molecule has 1 heterocycles. The second-order valence-electron chi connectivity index (χ2n) is 7.96. The van der Waals surface area contributed by atoms with Gasteiger partial charge in [-0.1, -0.05) is 42.0 Å². The molecular formula is C25H26FN3O3. The summed E-state index contributed by atoms with van der Waals surface area (Å²) in [6.45, 7) is 2.31. The molecule has 1 aliphatic rings. The van der Waals surface area contributed by atoms with Crippen LogP contribution in [0.5, 0.6) is 0 Å². The van der Waals surface area contributed by atoms with Crippen molar-refractivity contribution in [3.05, 3.63) is 82.4 Å². The monoisotopic (exact) mass is 435 g/mol. The number of hydrogen-bond acceptors (Lipinski definition) is 4. The van der Waals surface area contributed by atoms with Crippen molar-refractivity contribution in [2.45, 2.75) is 39.0 Å². The molecule has 0 unspecified atom stereocenters. The van der Waals surface area contributed by atoms with E-state index in [2.05, 4.69) is 10.4 Å². The summed E-state index contributed by atoms with van der Waals surface area (Å²) in [4.78, 5) is 24.7. The maximum Gasteiger partial charge on any atom is 0.359 e. The van der Waals surface area contributed by atoms with Crippen LogP contribution in [0.2, 0.25) is 0 Å². The van der Waals surface area contributed by atoms with Gasteiger partial charge in [-0.3, -0.25) is 4.79 Å². The minimum atomic E-state index is -0.549. The second kappa shape index (κ2) is 9.77. The first-order chi connectivity index (χ1) is 15.5. The van der Waals surface area contributed by atoms with Gasteiger partial charge in [-0.25, -0.2) is 13.9 Å². The molecule has 7 heteroatoms. The van der Waals surface area contributed by atoms with E-state index >= 15 is 0 Å². The van der Waals surface area contributed by atoms with E-state index in [0.717, 1.165) is 29.7 Å². The van der Waals surface area contributed by atoms with Gasteiger partial charge < -0.3 is 10.1 Å². The van der Waals surface area contributed by atoms with Gasteiger partial charge in [-0.15, -0.1) is 0 Å². The minimum absolute atomic E-state index is 0.0520. The van der Waals surface area contributed by atoms with Gasteiger partial charge in [0.2, 0.25) is 5.91 Å². The summed E-state index contributed by atoms with van der Waals surface area (Å²) >= 11 is 0. The Labute approximate surface area is 186 Å². The molecule has 1 N–H and O–H groups in total. The molecule has 1 aliphatic carbocycles. The standard InChI is InChI=1S/C25H26FN3O3/c1-17-9-11-18(12-10-17)13-14-23(30)27-15-16-32-25(31)24-19-5-4-8-21(19)29(28-24)22-7-3-2-6-20(22)26/h2-3,6-7,9-12H,4-5,8,13-16H2,1H3,(H,27,30). The van der Waals surface area contributed by atoms with E-state index in [-0.39, 0.29) is 24.8 Å². The van der Waals surface area contributed by atoms with Gasteiger partial charge >= 0.3 is 5.97 Å². The first kappa shape index (κ1) is 21.7. The molecule has 32 heavy (non-hydrogen) atoms. The van der Waals surface area contributed by atoms with Crippen LogP contribution in [0.4, 0.5) is 4.39 Å². The minimum Gasteiger partial charge on any atom is -0.459 e. The van der Waals surface area contributed by atoms with Crippen LogP contribution in [0, 0.1) is 12.7 Å². The summed E-state index contributed by atoms with van der Waals surface area (Å²) in [6, 6.07) is 14.5. The number of nitrogens with zero attached hydrogens (tertiary/aromatic N) is 2. The average molecular weight is 435 g/mol. The summed E-state index contributed by atoms with van der Waals surface area (Å²) in [6.07, 6.45) is 3.37. The van der Waals surface area contributed by atoms with Crippen molar-refractivity contribution < 1.29 is 18.7 Å². The molecule has 0 spiro atoms. The molecule has 0 saturated carbocycles. The zero-order chi connectivity index (χ0) is 22.5. The Morgan fingerprint density at radius 1 is 1.12 bits per heavy atom. The topological polar surface area (TPSA) is 73.2 Å². The molecular weight excluding hydrogens is 409 g/mol. The molecule has 1 amide bonds. The highest BCUT2D eigenvalue weighted by Crippen LogP contribution is 2.29. The SMILES string of the molecule is Cc1ccc(CCC(=O)NCCOC(=O)c2nn(-c3ccccc3F)c3c2CCC3)cc1. The number of amides is 1. The number of carbonyl (C=O) groups excluding carboxylic acids is 2. The maximum atomic E-state index is 14.2. The zero-order valence-corrected chi connectivity index (χ0v) is 18.1. The fourth-order valence-electron chi connectivity index (χ4n) is 3.93. The Bertz CT molecular complexity index is 1120. The predicted molar refractivity (Wildman–Crippen MR) is 118 cm³/mol. The third-order valence-corrected chi connectivity index (χ3v) is 5.62. The van der Waals surface area contributed by atoms with Crippen molar-refractivity contribution in [2.75, 3.05) is 13.2 Å². The number of ether oxygens (including phenoxy) is 1. The van der Waals surface area contributed by atoms with Crippen LogP contribution in [0.3, 0.4) is 0 Å². The predicted octanol–water partition coefficient (Wildman–Crippen LogP) is 3.71. The lowest BCUT2D eigenvalue weighted by Gasteiger charge is -2.07. The third-order valence-electron chi connectivity index (χ3n) is 5.62. The van der Waals surface area contributed by atoms with Crippen LogP contribution < -0.4 is 5.32 Å². The molecule has 0 saturated heterocycles. The first-order valence-corrected chi connectivity index (χ1v) is 10.9. The number of esters is 1. The molecule has 0 atom stereocenters. The molecule has 0 fully saturated rings. The number of benzene rings is 2. The van der Waals surface area contributed by atoms with E-state index < -0.39 is 11.8 Å². The number of carbonyl (C=O) groups is 2. The lowest BCUT2D eigenvalue weighted by molar-refractivity contribution is -0.121. The average Bonchev–Trinajstić information content (AvgIpc) is 3.40. The normalized spacial score (nSPS) is 12.4. The number of fused-ring (bicyclic) bond motifs is 1. The van der Waals surface area contributed by atoms with E-state index in [1.807, 2.05) is 31.2 Å². The summed E-state index contributed by atoms with van der Waals surface area (Å²) in [5, 5.41) is 7.13. The van der Waals surface area contributed by atoms with Gasteiger partial charge in [0.05, 0.1) is 6.54 Å². The van der Waals surface area contributed by atoms with Gasteiger partial charge in [0.1, 0.15) is 18.1 Å². The number of para-hydroxylation sites is 1. The van der Waals surface area contributed by atoms with Gasteiger partial charge in [0, 0.05) is 17.7 Å². The van der Waals surface area contributed by atoms with Crippen molar-refractivity contribution in [3.8, 4) is 5.69 Å². The molecule has 0 bridgehead atoms. The largest absolute Gasteiger partial charge is 0.459 e. The maximum absolute atomic E-state index is 14.2. The Hall–Kier alpha value is -3.48. The highest BCUT2D eigenvalue weighted by atomic mass is 19.1. The van der Waals surface area contributed by atoms with E-state index in [4.69, 9.17) is 4.74 Å². The fraction of sp³-hybridized carbons (Fsp3) is 0.320. The van der Waals surface area contributed by atoms with Crippen LogP contribution in [-0.4, -0.2) is 34.8 Å². The first-order valence-electron chi connectivity index (χ1n) is 10.9. The number of nitrogens with one attached hydrogen (secondary N) is 1. The van der Waals surface area contributed by atoms with E-state index in [1.165, 1.54) is 16.3 Å². The second-order valence-corrected chi connectivity index (χ2v) is 7.96. The summed E-state index contributed by atoms with van der Waals surface area (Å²) in [5.41, 5.74) is 4.52. The lowest BCUT2D eigenvalue weighted by atomic mass is 10.1. The van der Waals surface area contributed by atoms with Gasteiger partial charge in [0.25, 0.3) is 0 Å². The summed E-state index contributed by atoms with van der Waals surface area (Å²) in [7, 11) is 0. The molecule has 1 aromatic heterocycles. The Morgan fingerprint density at radius 3 is 2.69 bits per heavy atom. The van der Waals surface area contributed by atoms with Crippen molar-refractivity contribution in [3.63, 3.8) is 0 Å². The molecule has 0 radical (unpaired) electrons. The van der Waals surface area contributed by atoms with Crippen LogP contribution in [0.15, 0.2) is 48.5 Å². The van der Waals surface area contributed by atoms with Crippen molar-refractivity contribution >= 4 is 11.9 Å². The Morgan fingerprint density at radius 2 is 1.91 bits per heavy atom. The molecule has 2 aromatic carbocycles. The van der Waals surface area contributed by atoms with Crippen molar-refractivity contribution in [1.82, 2.24) is 15.1 Å². The molecule has 4 rings (SSSR count). The van der Waals surface area contributed by atoms with Crippen LogP contribution >= 0.6 is 0 Å². The zero-order valence-electron chi connectivity index (χ0n) is 18.1. The summed E-state index contributed by atoms with van der Waals surface area (Å²) in [5.74, 6) is -1.03. The van der Waals surface area contributed by atoms with E-state index in [9.17, 15) is 14.0 Å². The highest BCUT2D eigenvalue weighted by molar-refractivity contribution is 5.89. The van der Waals surface area contributed by atoms with E-state index in [0.29, 0.717) is 24.9 Å². The van der Waals surface area contributed by atoms with E-state index in [1.54, 1.807) is 18.2 Å². The quantitative estimate of drug-likeness (QED) is 0.432. The molecule has 166 valence electrons. The van der Waals surface area contributed by atoms with Crippen LogP contribution in [-0.2, 0) is 28.8 Å². The smallest absolute Gasteiger partial charge is 0.359 e. The molecule has 6 nitrogen and oxygen atoms in total. The highest BCUT2D eigenvalue weighted by Gasteiger charge is 2.28. The lowest BCUT2D eigenvalue weighted by Crippen LogP contribution is -2.28. The number of aromatic nitrogens is 2. The van der Waals surface area contributed by atoms with Crippen molar-refractivity contribution in [2.24, 2.45) is 0 Å². The van der Waals surface area contributed by atoms with Gasteiger partial charge in [0.15, 0.2) is 5.69 Å². The Balaban J connectivity index is 1.29. The number of halogens is 1. The number of rotatable bonds is 8. The number of hydrogen-bond donors (Lipinski definition) is 1. The van der Waals surface area contributed by atoms with Gasteiger partial charge in [-0.05, 0) is 50.3 Å². The Kier molecular flexibility index (Phi) is 6.63. The molecule has 0 aliphatic heterocycles.